The number of aliphatic hydroxyl groups is 1. The smallest absolute Gasteiger partial charge is 0.303 e. The molecule has 1 aliphatic carbocycles. The number of aliphatic hydroxyl groups excluding tert-OH is 1. The number of hydrogen-bond donors (Lipinski definition) is 2. The Kier molecular flexibility index (Phi) is 3.11. The number of azide groups is 1. The standard InChI is InChI=1S/C7H11N3O3/c8-10-9-5-1-4(2-7(12)13)6(11)3-5/h4-6,11H,1-3H2,(H,12,13)/t4-,5-,6-/m1/s1. The molecule has 0 radical (unpaired) electrons. The predicted octanol–water partition coefficient (Wildman–Crippen LogP) is 0.911. The van der Waals surface area contributed by atoms with E-state index in [9.17, 15) is 9.90 Å². The molecule has 0 bridgehead atoms. The maximum Gasteiger partial charge on any atom is 0.303 e. The minimum Gasteiger partial charge on any atom is -0.481 e. The Labute approximate surface area is 74.8 Å². The van der Waals surface area contributed by atoms with E-state index in [1.54, 1.807) is 0 Å². The van der Waals surface area contributed by atoms with Gasteiger partial charge in [0.15, 0.2) is 0 Å². The van der Waals surface area contributed by atoms with Crippen LogP contribution in [-0.2, 0) is 4.79 Å². The van der Waals surface area contributed by atoms with Gasteiger partial charge >= 0.3 is 5.97 Å². The highest BCUT2D eigenvalue weighted by atomic mass is 16.4. The highest BCUT2D eigenvalue weighted by Gasteiger charge is 2.33. The Morgan fingerprint density at radius 2 is 2.31 bits per heavy atom. The largest absolute Gasteiger partial charge is 0.481 e. The minimum atomic E-state index is -0.925. The highest BCUT2D eigenvalue weighted by molar-refractivity contribution is 5.67. The fourth-order valence-corrected chi connectivity index (χ4v) is 1.68. The van der Waals surface area contributed by atoms with Crippen molar-refractivity contribution in [1.82, 2.24) is 0 Å². The van der Waals surface area contributed by atoms with Crippen LogP contribution in [0.3, 0.4) is 0 Å². The maximum atomic E-state index is 10.4. The van der Waals surface area contributed by atoms with E-state index in [1.165, 1.54) is 0 Å². The van der Waals surface area contributed by atoms with Gasteiger partial charge < -0.3 is 10.2 Å². The van der Waals surface area contributed by atoms with Gasteiger partial charge in [-0.15, -0.1) is 0 Å². The van der Waals surface area contributed by atoms with Gasteiger partial charge in [0.05, 0.1) is 12.5 Å². The third-order valence-corrected chi connectivity index (χ3v) is 2.28. The second-order valence-corrected chi connectivity index (χ2v) is 3.26. The van der Waals surface area contributed by atoms with Gasteiger partial charge in [0.2, 0.25) is 0 Å². The lowest BCUT2D eigenvalue weighted by molar-refractivity contribution is -0.138. The molecule has 0 aromatic rings. The van der Waals surface area contributed by atoms with Gasteiger partial charge in [-0.1, -0.05) is 5.11 Å². The quantitative estimate of drug-likeness (QED) is 0.387. The summed E-state index contributed by atoms with van der Waals surface area (Å²) in [6, 6.07) is -0.246. The maximum absolute atomic E-state index is 10.4. The number of carboxylic acid groups (broad SMARTS) is 1. The van der Waals surface area contributed by atoms with Crippen LogP contribution in [0, 0.1) is 5.92 Å². The van der Waals surface area contributed by atoms with Crippen LogP contribution in [-0.4, -0.2) is 28.3 Å². The summed E-state index contributed by atoms with van der Waals surface area (Å²) in [5, 5.41) is 21.3. The zero-order valence-corrected chi connectivity index (χ0v) is 7.00. The van der Waals surface area contributed by atoms with E-state index in [1.807, 2.05) is 0 Å². The molecule has 0 aromatic carbocycles. The lowest BCUT2D eigenvalue weighted by Gasteiger charge is -2.09. The van der Waals surface area contributed by atoms with Crippen LogP contribution in [0.2, 0.25) is 0 Å². The van der Waals surface area contributed by atoms with Crippen molar-refractivity contribution >= 4 is 5.97 Å². The molecule has 0 spiro atoms. The molecule has 0 unspecified atom stereocenters. The molecule has 13 heavy (non-hydrogen) atoms. The van der Waals surface area contributed by atoms with Crippen LogP contribution in [0.4, 0.5) is 0 Å². The van der Waals surface area contributed by atoms with E-state index in [2.05, 4.69) is 10.0 Å². The Balaban J connectivity index is 2.50. The summed E-state index contributed by atoms with van der Waals surface area (Å²) in [4.78, 5) is 13.0. The number of carboxylic acids is 1. The lowest BCUT2D eigenvalue weighted by atomic mass is 10.0. The van der Waals surface area contributed by atoms with Gasteiger partial charge in [-0.25, -0.2) is 0 Å². The second kappa shape index (κ2) is 4.11. The molecular weight excluding hydrogens is 174 g/mol. The Hall–Kier alpha value is -1.26. The van der Waals surface area contributed by atoms with Gasteiger partial charge in [-0.3, -0.25) is 4.79 Å². The summed E-state index contributed by atoms with van der Waals surface area (Å²) in [5.74, 6) is -1.20. The Morgan fingerprint density at radius 1 is 1.62 bits per heavy atom. The number of aliphatic carboxylic acids is 1. The van der Waals surface area contributed by atoms with E-state index in [-0.39, 0.29) is 18.4 Å². The molecule has 6 heteroatoms. The van der Waals surface area contributed by atoms with Gasteiger partial charge in [-0.05, 0) is 24.3 Å². The molecule has 2 N–H and O–H groups in total. The van der Waals surface area contributed by atoms with Crippen molar-refractivity contribution in [3.63, 3.8) is 0 Å². The topological polar surface area (TPSA) is 106 Å². The molecule has 0 heterocycles. The van der Waals surface area contributed by atoms with Crippen LogP contribution < -0.4 is 0 Å². The summed E-state index contributed by atoms with van der Waals surface area (Å²) >= 11 is 0. The fourth-order valence-electron chi connectivity index (χ4n) is 1.68. The van der Waals surface area contributed by atoms with Gasteiger partial charge in [0.25, 0.3) is 0 Å². The van der Waals surface area contributed by atoms with Crippen molar-refractivity contribution in [3.05, 3.63) is 10.4 Å². The van der Waals surface area contributed by atoms with E-state index in [0.717, 1.165) is 0 Å². The van der Waals surface area contributed by atoms with Crippen molar-refractivity contribution in [2.45, 2.75) is 31.4 Å². The first-order valence-corrected chi connectivity index (χ1v) is 4.07. The van der Waals surface area contributed by atoms with Crippen LogP contribution in [0.25, 0.3) is 10.4 Å². The summed E-state index contributed by atoms with van der Waals surface area (Å²) in [6.45, 7) is 0. The molecule has 1 saturated carbocycles. The van der Waals surface area contributed by atoms with E-state index < -0.39 is 12.1 Å². The molecule has 6 nitrogen and oxygen atoms in total. The van der Waals surface area contributed by atoms with Crippen LogP contribution >= 0.6 is 0 Å². The zero-order valence-electron chi connectivity index (χ0n) is 7.00. The zero-order chi connectivity index (χ0) is 9.84. The molecule has 72 valence electrons. The number of carbonyl (C=O) groups is 1. The first-order valence-electron chi connectivity index (χ1n) is 4.07. The molecule has 0 aromatic heterocycles. The van der Waals surface area contributed by atoms with Crippen molar-refractivity contribution in [2.75, 3.05) is 0 Å². The Bertz CT molecular complexity index is 249. The van der Waals surface area contributed by atoms with Gasteiger partial charge in [0, 0.05) is 11.0 Å². The number of nitrogens with zero attached hydrogens (tertiary/aromatic N) is 3. The average Bonchev–Trinajstić information content (AvgIpc) is 2.31. The third-order valence-electron chi connectivity index (χ3n) is 2.28. The molecule has 1 aliphatic rings. The molecule has 1 fully saturated rings. The van der Waals surface area contributed by atoms with E-state index >= 15 is 0 Å². The molecular formula is C7H11N3O3. The molecule has 0 saturated heterocycles. The van der Waals surface area contributed by atoms with Gasteiger partial charge in [-0.2, -0.15) is 0 Å². The predicted molar refractivity (Wildman–Crippen MR) is 43.9 cm³/mol. The fraction of sp³-hybridized carbons (Fsp3) is 0.857. The van der Waals surface area contributed by atoms with Crippen LogP contribution in [0.15, 0.2) is 5.11 Å². The summed E-state index contributed by atoms with van der Waals surface area (Å²) in [6.07, 6.45) is 0.143. The summed E-state index contributed by atoms with van der Waals surface area (Å²) in [7, 11) is 0. The molecule has 1 rings (SSSR count). The van der Waals surface area contributed by atoms with Gasteiger partial charge in [0.1, 0.15) is 0 Å². The average molecular weight is 185 g/mol. The van der Waals surface area contributed by atoms with Crippen molar-refractivity contribution in [3.8, 4) is 0 Å². The second-order valence-electron chi connectivity index (χ2n) is 3.26. The molecule has 0 aliphatic heterocycles. The SMILES string of the molecule is [N-]=[N+]=N[C@@H]1C[C@H](CC(=O)O)[C@H](O)C1. The van der Waals surface area contributed by atoms with Crippen molar-refractivity contribution in [1.29, 1.82) is 0 Å². The van der Waals surface area contributed by atoms with Crippen molar-refractivity contribution < 1.29 is 15.0 Å². The highest BCUT2D eigenvalue weighted by Crippen LogP contribution is 2.30. The third kappa shape index (κ3) is 2.61. The monoisotopic (exact) mass is 185 g/mol. The number of rotatable bonds is 3. The number of hydrogen-bond acceptors (Lipinski definition) is 3. The first kappa shape index (κ1) is 9.83. The van der Waals surface area contributed by atoms with Crippen LogP contribution in [0.5, 0.6) is 0 Å². The minimum absolute atomic E-state index is 0.0569. The first-order chi connectivity index (χ1) is 6.13. The Morgan fingerprint density at radius 3 is 2.85 bits per heavy atom. The normalized spacial score (nSPS) is 32.5. The molecule has 3 atom stereocenters. The molecule has 0 amide bonds. The lowest BCUT2D eigenvalue weighted by Crippen LogP contribution is -2.16. The van der Waals surface area contributed by atoms with Crippen LogP contribution in [0.1, 0.15) is 19.3 Å². The van der Waals surface area contributed by atoms with Crippen molar-refractivity contribution in [2.24, 2.45) is 11.0 Å². The van der Waals surface area contributed by atoms with E-state index in [0.29, 0.717) is 12.8 Å². The summed E-state index contributed by atoms with van der Waals surface area (Å²) in [5.41, 5.74) is 8.14. The van der Waals surface area contributed by atoms with E-state index in [4.69, 9.17) is 10.6 Å². The summed E-state index contributed by atoms with van der Waals surface area (Å²) < 4.78 is 0.